The van der Waals surface area contributed by atoms with Gasteiger partial charge >= 0.3 is 6.03 Å². The summed E-state index contributed by atoms with van der Waals surface area (Å²) >= 11 is 0. The quantitative estimate of drug-likeness (QED) is 0.682. The van der Waals surface area contributed by atoms with Crippen molar-refractivity contribution in [3.8, 4) is 0 Å². The topological polar surface area (TPSA) is 61.4 Å². The average molecular weight is 256 g/mol. The Morgan fingerprint density at radius 1 is 1.39 bits per heavy atom. The normalized spacial score (nSPS) is 25.5. The summed E-state index contributed by atoms with van der Waals surface area (Å²) in [6.07, 6.45) is 6.15. The van der Waals surface area contributed by atoms with E-state index in [1.165, 1.54) is 25.7 Å². The van der Waals surface area contributed by atoms with Gasteiger partial charge in [-0.05, 0) is 37.5 Å². The van der Waals surface area contributed by atoms with Gasteiger partial charge in [-0.1, -0.05) is 26.7 Å². The summed E-state index contributed by atoms with van der Waals surface area (Å²) in [7, 11) is 0. The van der Waals surface area contributed by atoms with E-state index in [1.807, 2.05) is 6.92 Å². The second-order valence-corrected chi connectivity index (χ2v) is 5.63. The Balaban J connectivity index is 2.05. The van der Waals surface area contributed by atoms with Crippen molar-refractivity contribution in [2.75, 3.05) is 13.1 Å². The lowest BCUT2D eigenvalue weighted by atomic mass is 9.82. The highest BCUT2D eigenvalue weighted by molar-refractivity contribution is 5.73. The molecule has 0 heterocycles. The van der Waals surface area contributed by atoms with E-state index in [-0.39, 0.29) is 12.1 Å². The minimum atomic E-state index is -0.301. The Morgan fingerprint density at radius 3 is 2.83 bits per heavy atom. The fraction of sp³-hybridized carbons (Fsp3) is 0.929. The molecule has 0 radical (unpaired) electrons. The standard InChI is InChI=1S/C14H28N2O2/c1-3-13(17)7-8-15-14(18)16-10-12-6-4-5-11(2)9-12/h11-13,17H,3-10H2,1-2H3,(H2,15,16,18). The van der Waals surface area contributed by atoms with Gasteiger partial charge in [-0.3, -0.25) is 0 Å². The van der Waals surface area contributed by atoms with Crippen LogP contribution in [0.4, 0.5) is 4.79 Å². The van der Waals surface area contributed by atoms with Gasteiger partial charge in [0.05, 0.1) is 6.10 Å². The van der Waals surface area contributed by atoms with Crippen molar-refractivity contribution in [1.82, 2.24) is 10.6 Å². The zero-order chi connectivity index (χ0) is 13.4. The van der Waals surface area contributed by atoms with E-state index in [9.17, 15) is 9.90 Å². The summed E-state index contributed by atoms with van der Waals surface area (Å²) in [4.78, 5) is 11.5. The van der Waals surface area contributed by atoms with E-state index in [1.54, 1.807) is 0 Å². The number of aliphatic hydroxyl groups is 1. The van der Waals surface area contributed by atoms with Gasteiger partial charge in [-0.2, -0.15) is 0 Å². The van der Waals surface area contributed by atoms with Crippen molar-refractivity contribution in [1.29, 1.82) is 0 Å². The van der Waals surface area contributed by atoms with Crippen LogP contribution in [0.5, 0.6) is 0 Å². The molecule has 0 aromatic carbocycles. The molecule has 3 atom stereocenters. The minimum Gasteiger partial charge on any atom is -0.393 e. The van der Waals surface area contributed by atoms with Crippen LogP contribution >= 0.6 is 0 Å². The van der Waals surface area contributed by atoms with Crippen LogP contribution in [-0.2, 0) is 0 Å². The van der Waals surface area contributed by atoms with Crippen LogP contribution in [0.2, 0.25) is 0 Å². The van der Waals surface area contributed by atoms with Crippen molar-refractivity contribution < 1.29 is 9.90 Å². The van der Waals surface area contributed by atoms with E-state index in [0.717, 1.165) is 18.9 Å². The molecule has 0 aliphatic heterocycles. The molecular formula is C14H28N2O2. The molecule has 1 saturated carbocycles. The molecule has 1 rings (SSSR count). The second kappa shape index (κ2) is 8.35. The first-order valence-electron chi connectivity index (χ1n) is 7.31. The summed E-state index contributed by atoms with van der Waals surface area (Å²) in [6.45, 7) is 5.56. The maximum absolute atomic E-state index is 11.5. The molecule has 0 bridgehead atoms. The highest BCUT2D eigenvalue weighted by Gasteiger charge is 2.19. The van der Waals surface area contributed by atoms with Crippen LogP contribution in [0.3, 0.4) is 0 Å². The largest absolute Gasteiger partial charge is 0.393 e. The summed E-state index contributed by atoms with van der Waals surface area (Å²) in [5.41, 5.74) is 0. The molecule has 1 aliphatic carbocycles. The fourth-order valence-corrected chi connectivity index (χ4v) is 2.60. The van der Waals surface area contributed by atoms with Crippen molar-refractivity contribution >= 4 is 6.03 Å². The molecule has 1 aliphatic rings. The molecule has 3 unspecified atom stereocenters. The Kier molecular flexibility index (Phi) is 7.09. The Morgan fingerprint density at radius 2 is 2.17 bits per heavy atom. The third-order valence-corrected chi connectivity index (χ3v) is 3.83. The first-order chi connectivity index (χ1) is 8.61. The Labute approximate surface area is 111 Å². The van der Waals surface area contributed by atoms with Gasteiger partial charge in [0.1, 0.15) is 0 Å². The third-order valence-electron chi connectivity index (χ3n) is 3.83. The van der Waals surface area contributed by atoms with Crippen molar-refractivity contribution in [3.63, 3.8) is 0 Å². The van der Waals surface area contributed by atoms with E-state index < -0.39 is 0 Å². The molecule has 4 nitrogen and oxygen atoms in total. The summed E-state index contributed by atoms with van der Waals surface area (Å²) in [5.74, 6) is 1.44. The molecule has 0 aromatic heterocycles. The Hall–Kier alpha value is -0.770. The first kappa shape index (κ1) is 15.3. The van der Waals surface area contributed by atoms with Gasteiger partial charge in [0.2, 0.25) is 0 Å². The number of carbonyl (C=O) groups excluding carboxylic acids is 1. The maximum atomic E-state index is 11.5. The maximum Gasteiger partial charge on any atom is 0.314 e. The van der Waals surface area contributed by atoms with Gasteiger partial charge < -0.3 is 15.7 Å². The molecule has 2 amide bonds. The lowest BCUT2D eigenvalue weighted by molar-refractivity contribution is 0.160. The molecule has 0 saturated heterocycles. The average Bonchev–Trinajstić information content (AvgIpc) is 2.36. The number of hydrogen-bond acceptors (Lipinski definition) is 2. The fourth-order valence-electron chi connectivity index (χ4n) is 2.60. The summed E-state index contributed by atoms with van der Waals surface area (Å²) in [6, 6.07) is -0.100. The molecule has 106 valence electrons. The number of urea groups is 1. The Bertz CT molecular complexity index is 246. The predicted molar refractivity (Wildman–Crippen MR) is 73.4 cm³/mol. The van der Waals surface area contributed by atoms with Gasteiger partial charge in [0.25, 0.3) is 0 Å². The van der Waals surface area contributed by atoms with E-state index in [4.69, 9.17) is 0 Å². The molecule has 4 heteroatoms. The first-order valence-corrected chi connectivity index (χ1v) is 7.31. The lowest BCUT2D eigenvalue weighted by Crippen LogP contribution is -2.40. The van der Waals surface area contributed by atoms with E-state index in [0.29, 0.717) is 18.9 Å². The van der Waals surface area contributed by atoms with E-state index in [2.05, 4.69) is 17.6 Å². The van der Waals surface area contributed by atoms with Crippen molar-refractivity contribution in [2.45, 2.75) is 58.5 Å². The number of carbonyl (C=O) groups is 1. The van der Waals surface area contributed by atoms with Crippen molar-refractivity contribution in [2.24, 2.45) is 11.8 Å². The van der Waals surface area contributed by atoms with Gasteiger partial charge in [0.15, 0.2) is 0 Å². The van der Waals surface area contributed by atoms with Crippen LogP contribution in [-0.4, -0.2) is 30.3 Å². The zero-order valence-corrected chi connectivity index (χ0v) is 11.7. The number of nitrogens with one attached hydrogen (secondary N) is 2. The second-order valence-electron chi connectivity index (χ2n) is 5.63. The van der Waals surface area contributed by atoms with Crippen LogP contribution in [0.15, 0.2) is 0 Å². The molecule has 1 fully saturated rings. The minimum absolute atomic E-state index is 0.100. The highest BCUT2D eigenvalue weighted by Crippen LogP contribution is 2.27. The molecule has 3 N–H and O–H groups in total. The predicted octanol–water partition coefficient (Wildman–Crippen LogP) is 2.27. The summed E-state index contributed by atoms with van der Waals surface area (Å²) in [5, 5.41) is 15.1. The smallest absolute Gasteiger partial charge is 0.314 e. The molecule has 0 spiro atoms. The van der Waals surface area contributed by atoms with Gasteiger partial charge in [-0.25, -0.2) is 4.79 Å². The monoisotopic (exact) mass is 256 g/mol. The number of rotatable bonds is 6. The number of aliphatic hydroxyl groups excluding tert-OH is 1. The summed E-state index contributed by atoms with van der Waals surface area (Å²) < 4.78 is 0. The van der Waals surface area contributed by atoms with Crippen LogP contribution in [0, 0.1) is 11.8 Å². The number of hydrogen-bond donors (Lipinski definition) is 3. The SMILES string of the molecule is CCC(O)CCNC(=O)NCC1CCCC(C)C1. The van der Waals surface area contributed by atoms with Crippen LogP contribution in [0.25, 0.3) is 0 Å². The molecular weight excluding hydrogens is 228 g/mol. The van der Waals surface area contributed by atoms with Gasteiger partial charge in [0, 0.05) is 13.1 Å². The van der Waals surface area contributed by atoms with Crippen LogP contribution in [0.1, 0.15) is 52.4 Å². The van der Waals surface area contributed by atoms with E-state index >= 15 is 0 Å². The van der Waals surface area contributed by atoms with Crippen LogP contribution < -0.4 is 10.6 Å². The molecule has 0 aromatic rings. The zero-order valence-electron chi connectivity index (χ0n) is 11.7. The van der Waals surface area contributed by atoms with Gasteiger partial charge in [-0.15, -0.1) is 0 Å². The van der Waals surface area contributed by atoms with Crippen molar-refractivity contribution in [3.05, 3.63) is 0 Å². The number of amides is 2. The molecule has 18 heavy (non-hydrogen) atoms. The lowest BCUT2D eigenvalue weighted by Gasteiger charge is -2.26. The third kappa shape index (κ3) is 6.24. The highest BCUT2D eigenvalue weighted by atomic mass is 16.3.